The zero-order valence-corrected chi connectivity index (χ0v) is 8.29. The summed E-state index contributed by atoms with van der Waals surface area (Å²) in [7, 11) is 1.83. The molecule has 0 bridgehead atoms. The van der Waals surface area contributed by atoms with Crippen molar-refractivity contribution in [1.82, 2.24) is 9.78 Å². The number of nitrogens with zero attached hydrogens (tertiary/aromatic N) is 2. The van der Waals surface area contributed by atoms with Crippen molar-refractivity contribution in [1.29, 1.82) is 0 Å². The van der Waals surface area contributed by atoms with Gasteiger partial charge < -0.3 is 10.5 Å². The highest BCUT2D eigenvalue weighted by Gasteiger charge is 2.03. The summed E-state index contributed by atoms with van der Waals surface area (Å²) in [5.74, 6) is 0.554. The quantitative estimate of drug-likeness (QED) is 0.705. The van der Waals surface area contributed by atoms with Gasteiger partial charge in [0.1, 0.15) is 5.69 Å². The summed E-state index contributed by atoms with van der Waals surface area (Å²) in [6.45, 7) is 2.87. The molecule has 1 aromatic rings. The van der Waals surface area contributed by atoms with E-state index >= 15 is 0 Å². The molecule has 1 aromatic heterocycles. The van der Waals surface area contributed by atoms with Crippen molar-refractivity contribution >= 4 is 5.69 Å². The van der Waals surface area contributed by atoms with Crippen molar-refractivity contribution < 1.29 is 4.74 Å². The number of anilines is 1. The van der Waals surface area contributed by atoms with Crippen LogP contribution < -0.4 is 10.5 Å². The lowest BCUT2D eigenvalue weighted by molar-refractivity contribution is 0.293. The molecule has 0 amide bonds. The van der Waals surface area contributed by atoms with Crippen LogP contribution in [0.3, 0.4) is 0 Å². The standard InChI is InChI=1S/C9H17N3O/c1-3-4-5-6-13-9-8(10)7-12(2)11-9/h7H,3-6,10H2,1-2H3. The van der Waals surface area contributed by atoms with E-state index in [0.717, 1.165) is 6.42 Å². The van der Waals surface area contributed by atoms with Gasteiger partial charge in [-0.05, 0) is 6.42 Å². The summed E-state index contributed by atoms with van der Waals surface area (Å²) in [6.07, 6.45) is 5.19. The molecule has 4 heteroatoms. The monoisotopic (exact) mass is 183 g/mol. The second kappa shape index (κ2) is 4.74. The van der Waals surface area contributed by atoms with E-state index in [4.69, 9.17) is 10.5 Å². The van der Waals surface area contributed by atoms with Crippen LogP contribution in [-0.4, -0.2) is 16.4 Å². The van der Waals surface area contributed by atoms with Crippen LogP contribution in [0.25, 0.3) is 0 Å². The summed E-state index contributed by atoms with van der Waals surface area (Å²) in [6, 6.07) is 0. The maximum Gasteiger partial charge on any atom is 0.256 e. The van der Waals surface area contributed by atoms with Gasteiger partial charge in [-0.15, -0.1) is 5.10 Å². The lowest BCUT2D eigenvalue weighted by Crippen LogP contribution is -2.00. The zero-order valence-electron chi connectivity index (χ0n) is 8.29. The van der Waals surface area contributed by atoms with Gasteiger partial charge in [-0.3, -0.25) is 4.68 Å². The Labute approximate surface area is 78.7 Å². The van der Waals surface area contributed by atoms with E-state index < -0.39 is 0 Å². The molecule has 0 aliphatic carbocycles. The molecule has 0 saturated heterocycles. The summed E-state index contributed by atoms with van der Waals surface area (Å²) >= 11 is 0. The maximum atomic E-state index is 5.65. The third-order valence-electron chi connectivity index (χ3n) is 1.81. The van der Waals surface area contributed by atoms with E-state index in [1.165, 1.54) is 12.8 Å². The summed E-state index contributed by atoms with van der Waals surface area (Å²) in [5.41, 5.74) is 6.26. The molecule has 0 aliphatic heterocycles. The van der Waals surface area contributed by atoms with Crippen LogP contribution in [-0.2, 0) is 7.05 Å². The third-order valence-corrected chi connectivity index (χ3v) is 1.81. The zero-order chi connectivity index (χ0) is 9.68. The third kappa shape index (κ3) is 2.97. The molecule has 1 heterocycles. The predicted octanol–water partition coefficient (Wildman–Crippen LogP) is 1.57. The summed E-state index contributed by atoms with van der Waals surface area (Å²) < 4.78 is 7.06. The van der Waals surface area contributed by atoms with Crippen LogP contribution in [0.4, 0.5) is 5.69 Å². The van der Waals surface area contributed by atoms with Gasteiger partial charge in [0.25, 0.3) is 5.88 Å². The first-order chi connectivity index (χ1) is 6.24. The summed E-state index contributed by atoms with van der Waals surface area (Å²) in [4.78, 5) is 0. The van der Waals surface area contributed by atoms with Crippen molar-refractivity contribution in [3.63, 3.8) is 0 Å². The van der Waals surface area contributed by atoms with Gasteiger partial charge in [0.05, 0.1) is 12.8 Å². The van der Waals surface area contributed by atoms with E-state index in [1.807, 2.05) is 7.05 Å². The smallest absolute Gasteiger partial charge is 0.256 e. The van der Waals surface area contributed by atoms with E-state index in [1.54, 1.807) is 10.9 Å². The normalized spacial score (nSPS) is 10.3. The van der Waals surface area contributed by atoms with Crippen LogP contribution >= 0.6 is 0 Å². The van der Waals surface area contributed by atoms with Gasteiger partial charge in [-0.2, -0.15) is 0 Å². The van der Waals surface area contributed by atoms with Gasteiger partial charge in [0.2, 0.25) is 0 Å². The molecule has 0 saturated carbocycles. The number of unbranched alkanes of at least 4 members (excludes halogenated alkanes) is 2. The number of aryl methyl sites for hydroxylation is 1. The lowest BCUT2D eigenvalue weighted by atomic mass is 10.3. The van der Waals surface area contributed by atoms with Gasteiger partial charge >= 0.3 is 0 Å². The highest BCUT2D eigenvalue weighted by molar-refractivity contribution is 5.45. The minimum Gasteiger partial charge on any atom is -0.475 e. The topological polar surface area (TPSA) is 53.1 Å². The molecule has 1 rings (SSSR count). The Kier molecular flexibility index (Phi) is 3.61. The molecule has 2 N–H and O–H groups in total. The molecule has 0 atom stereocenters. The number of nitrogen functional groups attached to an aromatic ring is 1. The number of aromatic nitrogens is 2. The molecule has 4 nitrogen and oxygen atoms in total. The first-order valence-electron chi connectivity index (χ1n) is 4.66. The lowest BCUT2D eigenvalue weighted by Gasteiger charge is -2.01. The van der Waals surface area contributed by atoms with Crippen molar-refractivity contribution in [3.8, 4) is 5.88 Å². The second-order valence-corrected chi connectivity index (χ2v) is 3.12. The molecule has 0 spiro atoms. The Bertz CT molecular complexity index is 257. The molecule has 0 fully saturated rings. The highest BCUT2D eigenvalue weighted by Crippen LogP contribution is 2.17. The van der Waals surface area contributed by atoms with Crippen LogP contribution in [0.1, 0.15) is 26.2 Å². The molecule has 13 heavy (non-hydrogen) atoms. The average molecular weight is 183 g/mol. The average Bonchev–Trinajstić information content (AvgIpc) is 2.39. The SMILES string of the molecule is CCCCCOc1nn(C)cc1N. The van der Waals surface area contributed by atoms with Crippen LogP contribution in [0.2, 0.25) is 0 Å². The predicted molar refractivity (Wildman–Crippen MR) is 52.6 cm³/mol. The molecule has 0 aromatic carbocycles. The van der Waals surface area contributed by atoms with E-state index in [9.17, 15) is 0 Å². The van der Waals surface area contributed by atoms with Gasteiger partial charge in [-0.1, -0.05) is 19.8 Å². The Morgan fingerprint density at radius 2 is 2.31 bits per heavy atom. The Balaban J connectivity index is 2.32. The summed E-state index contributed by atoms with van der Waals surface area (Å²) in [5, 5.41) is 4.08. The number of nitrogens with two attached hydrogens (primary N) is 1. The largest absolute Gasteiger partial charge is 0.475 e. The highest BCUT2D eigenvalue weighted by atomic mass is 16.5. The van der Waals surface area contributed by atoms with Crippen molar-refractivity contribution in [3.05, 3.63) is 6.20 Å². The molecule has 0 radical (unpaired) electrons. The molecule has 74 valence electrons. The molecular formula is C9H17N3O. The minimum atomic E-state index is 0.554. The first kappa shape index (κ1) is 9.89. The fourth-order valence-electron chi connectivity index (χ4n) is 1.12. The van der Waals surface area contributed by atoms with E-state index in [-0.39, 0.29) is 0 Å². The Hall–Kier alpha value is -1.19. The fraction of sp³-hybridized carbons (Fsp3) is 0.667. The van der Waals surface area contributed by atoms with Crippen LogP contribution in [0, 0.1) is 0 Å². The Morgan fingerprint density at radius 1 is 1.54 bits per heavy atom. The number of ether oxygens (including phenoxy) is 1. The molecule has 0 aliphatic rings. The van der Waals surface area contributed by atoms with E-state index in [0.29, 0.717) is 18.2 Å². The van der Waals surface area contributed by atoms with Gasteiger partial charge in [-0.25, -0.2) is 0 Å². The first-order valence-corrected chi connectivity index (χ1v) is 4.66. The van der Waals surface area contributed by atoms with Crippen molar-refractivity contribution in [2.75, 3.05) is 12.3 Å². The Morgan fingerprint density at radius 3 is 2.85 bits per heavy atom. The van der Waals surface area contributed by atoms with Gasteiger partial charge in [0, 0.05) is 7.05 Å². The van der Waals surface area contributed by atoms with Crippen molar-refractivity contribution in [2.24, 2.45) is 7.05 Å². The second-order valence-electron chi connectivity index (χ2n) is 3.12. The van der Waals surface area contributed by atoms with E-state index in [2.05, 4.69) is 12.0 Å². The van der Waals surface area contributed by atoms with Crippen LogP contribution in [0.5, 0.6) is 5.88 Å². The van der Waals surface area contributed by atoms with Crippen LogP contribution in [0.15, 0.2) is 6.20 Å². The molecular weight excluding hydrogens is 166 g/mol. The number of hydrogen-bond acceptors (Lipinski definition) is 3. The fourth-order valence-corrected chi connectivity index (χ4v) is 1.12. The van der Waals surface area contributed by atoms with Crippen molar-refractivity contribution in [2.45, 2.75) is 26.2 Å². The van der Waals surface area contributed by atoms with Gasteiger partial charge in [0.15, 0.2) is 0 Å². The number of hydrogen-bond donors (Lipinski definition) is 1. The maximum absolute atomic E-state index is 5.65. The molecule has 0 unspecified atom stereocenters. The number of rotatable bonds is 5. The minimum absolute atomic E-state index is 0.554.